The lowest BCUT2D eigenvalue weighted by Gasteiger charge is -2.17. The first-order valence-electron chi connectivity index (χ1n) is 6.29. The van der Waals surface area contributed by atoms with Gasteiger partial charge in [-0.15, -0.1) is 11.3 Å². The summed E-state index contributed by atoms with van der Waals surface area (Å²) in [5.41, 5.74) is 7.35. The molecule has 5 heteroatoms. The van der Waals surface area contributed by atoms with Crippen molar-refractivity contribution in [1.29, 1.82) is 0 Å². The lowest BCUT2D eigenvalue weighted by atomic mass is 10.00. The largest absolute Gasteiger partial charge is 0.326 e. The molecule has 0 saturated carbocycles. The van der Waals surface area contributed by atoms with Crippen molar-refractivity contribution in [3.8, 4) is 0 Å². The van der Waals surface area contributed by atoms with Gasteiger partial charge in [0.25, 0.3) is 0 Å². The van der Waals surface area contributed by atoms with Gasteiger partial charge in [-0.1, -0.05) is 0 Å². The van der Waals surface area contributed by atoms with Crippen LogP contribution in [-0.2, 0) is 4.79 Å². The van der Waals surface area contributed by atoms with Crippen LogP contribution < -0.4 is 11.1 Å². The predicted molar refractivity (Wildman–Crippen MR) is 80.5 cm³/mol. The number of nitrogens with two attached hydrogens (primary N) is 1. The van der Waals surface area contributed by atoms with Crippen LogP contribution in [0.3, 0.4) is 0 Å². The molecule has 0 aliphatic heterocycles. The van der Waals surface area contributed by atoms with Crippen LogP contribution in [0.5, 0.6) is 0 Å². The van der Waals surface area contributed by atoms with E-state index in [0.717, 1.165) is 20.9 Å². The fourth-order valence-electron chi connectivity index (χ4n) is 1.78. The number of rotatable bonds is 4. The first kappa shape index (κ1) is 14.0. The highest BCUT2D eigenvalue weighted by Crippen LogP contribution is 2.24. The summed E-state index contributed by atoms with van der Waals surface area (Å²) < 4.78 is 1.09. The van der Waals surface area contributed by atoms with E-state index in [0.29, 0.717) is 12.8 Å². The zero-order valence-electron chi connectivity index (χ0n) is 11.5. The molecule has 3 N–H and O–H groups in total. The van der Waals surface area contributed by atoms with Gasteiger partial charge in [0.2, 0.25) is 5.91 Å². The average molecular weight is 277 g/mol. The van der Waals surface area contributed by atoms with E-state index in [1.807, 2.05) is 39.0 Å². The number of hydrogen-bond acceptors (Lipinski definition) is 4. The summed E-state index contributed by atoms with van der Waals surface area (Å²) in [6, 6.07) is 5.78. The first-order chi connectivity index (χ1) is 8.83. The number of hydrogen-bond donors (Lipinski definition) is 2. The number of benzene rings is 1. The molecule has 0 unspecified atom stereocenters. The number of aryl methyl sites for hydroxylation is 1. The van der Waals surface area contributed by atoms with Crippen LogP contribution in [0.25, 0.3) is 10.2 Å². The number of carbonyl (C=O) groups excluding carboxylic acids is 1. The summed E-state index contributed by atoms with van der Waals surface area (Å²) in [7, 11) is 0. The minimum atomic E-state index is -0.309. The van der Waals surface area contributed by atoms with Crippen LogP contribution in [0.4, 0.5) is 5.69 Å². The van der Waals surface area contributed by atoms with Crippen molar-refractivity contribution in [3.05, 3.63) is 23.2 Å². The summed E-state index contributed by atoms with van der Waals surface area (Å²) in [5, 5.41) is 3.93. The fourth-order valence-corrected chi connectivity index (χ4v) is 2.64. The third kappa shape index (κ3) is 4.01. The second-order valence-electron chi connectivity index (χ2n) is 5.45. The van der Waals surface area contributed by atoms with Gasteiger partial charge in [0, 0.05) is 17.6 Å². The Hall–Kier alpha value is -1.46. The van der Waals surface area contributed by atoms with E-state index in [9.17, 15) is 4.79 Å². The summed E-state index contributed by atoms with van der Waals surface area (Å²) in [4.78, 5) is 16.2. The molecule has 0 radical (unpaired) electrons. The fraction of sp³-hybridized carbons (Fsp3) is 0.429. The van der Waals surface area contributed by atoms with Crippen molar-refractivity contribution < 1.29 is 4.79 Å². The van der Waals surface area contributed by atoms with Gasteiger partial charge in [-0.3, -0.25) is 4.79 Å². The van der Waals surface area contributed by atoms with Crippen LogP contribution in [-0.4, -0.2) is 16.4 Å². The Morgan fingerprint density at radius 2 is 2.21 bits per heavy atom. The Kier molecular flexibility index (Phi) is 3.87. The molecule has 0 saturated heterocycles. The van der Waals surface area contributed by atoms with E-state index >= 15 is 0 Å². The molecule has 0 atom stereocenters. The monoisotopic (exact) mass is 277 g/mol. The second-order valence-corrected chi connectivity index (χ2v) is 6.69. The highest BCUT2D eigenvalue weighted by Gasteiger charge is 2.13. The molecule has 1 heterocycles. The molecule has 1 aromatic carbocycles. The summed E-state index contributed by atoms with van der Waals surface area (Å²) >= 11 is 1.63. The van der Waals surface area contributed by atoms with E-state index in [1.54, 1.807) is 11.3 Å². The van der Waals surface area contributed by atoms with Crippen LogP contribution in [0.2, 0.25) is 0 Å². The molecule has 0 spiro atoms. The Balaban J connectivity index is 2.02. The highest BCUT2D eigenvalue weighted by molar-refractivity contribution is 7.18. The molecule has 102 valence electrons. The number of thiazole rings is 1. The third-order valence-corrected chi connectivity index (χ3v) is 3.71. The number of nitrogens with zero attached hydrogens (tertiary/aromatic N) is 1. The third-order valence-electron chi connectivity index (χ3n) is 2.78. The van der Waals surface area contributed by atoms with Gasteiger partial charge in [-0.25, -0.2) is 4.98 Å². The molecular formula is C14H19N3OS. The Morgan fingerprint density at radius 3 is 2.89 bits per heavy atom. The van der Waals surface area contributed by atoms with Crippen LogP contribution in [0.1, 0.15) is 31.7 Å². The molecule has 0 bridgehead atoms. The molecule has 0 fully saturated rings. The van der Waals surface area contributed by atoms with E-state index in [-0.39, 0.29) is 11.4 Å². The quantitative estimate of drug-likeness (QED) is 0.902. The summed E-state index contributed by atoms with van der Waals surface area (Å²) in [6.45, 7) is 5.82. The second kappa shape index (κ2) is 5.27. The van der Waals surface area contributed by atoms with Crippen molar-refractivity contribution in [3.63, 3.8) is 0 Å². The van der Waals surface area contributed by atoms with E-state index in [1.165, 1.54) is 0 Å². The first-order valence-corrected chi connectivity index (χ1v) is 7.11. The lowest BCUT2D eigenvalue weighted by molar-refractivity contribution is -0.116. The van der Waals surface area contributed by atoms with Crippen molar-refractivity contribution in [1.82, 2.24) is 4.98 Å². The molecule has 2 aromatic rings. The van der Waals surface area contributed by atoms with Crippen molar-refractivity contribution >= 4 is 33.1 Å². The number of fused-ring (bicyclic) bond motifs is 1. The molecule has 2 rings (SSSR count). The van der Waals surface area contributed by atoms with Crippen molar-refractivity contribution in [2.24, 2.45) is 5.73 Å². The lowest BCUT2D eigenvalue weighted by Crippen LogP contribution is -2.33. The summed E-state index contributed by atoms with van der Waals surface area (Å²) in [6.07, 6.45) is 1.10. The van der Waals surface area contributed by atoms with Gasteiger partial charge in [-0.05, 0) is 45.4 Å². The standard InChI is InChI=1S/C14H19N3OS/c1-9-16-11-5-4-10(8-12(11)19-9)17-13(18)6-7-14(2,3)15/h4-5,8H,6-7,15H2,1-3H3,(H,17,18). The van der Waals surface area contributed by atoms with Gasteiger partial charge >= 0.3 is 0 Å². The molecular weight excluding hydrogens is 258 g/mol. The van der Waals surface area contributed by atoms with E-state index in [2.05, 4.69) is 10.3 Å². The molecule has 0 aliphatic carbocycles. The van der Waals surface area contributed by atoms with Gasteiger partial charge in [0.15, 0.2) is 0 Å². The SMILES string of the molecule is Cc1nc2ccc(NC(=O)CCC(C)(C)N)cc2s1. The number of nitrogens with one attached hydrogen (secondary N) is 1. The van der Waals surface area contributed by atoms with Gasteiger partial charge in [0.1, 0.15) is 0 Å². The smallest absolute Gasteiger partial charge is 0.224 e. The van der Waals surface area contributed by atoms with E-state index in [4.69, 9.17) is 5.73 Å². The van der Waals surface area contributed by atoms with Crippen LogP contribution in [0.15, 0.2) is 18.2 Å². The van der Waals surface area contributed by atoms with Crippen LogP contribution in [0, 0.1) is 6.92 Å². The number of carbonyl (C=O) groups is 1. The maximum Gasteiger partial charge on any atom is 0.224 e. The molecule has 1 amide bonds. The number of anilines is 1. The summed E-state index contributed by atoms with van der Waals surface area (Å²) in [5.74, 6) is -0.000822. The topological polar surface area (TPSA) is 68.0 Å². The Labute approximate surface area is 117 Å². The highest BCUT2D eigenvalue weighted by atomic mass is 32.1. The van der Waals surface area contributed by atoms with Gasteiger partial charge < -0.3 is 11.1 Å². The molecule has 1 aromatic heterocycles. The minimum absolute atomic E-state index is 0.000822. The van der Waals surface area contributed by atoms with E-state index < -0.39 is 0 Å². The normalized spacial score (nSPS) is 11.8. The average Bonchev–Trinajstić information content (AvgIpc) is 2.65. The number of aromatic nitrogens is 1. The minimum Gasteiger partial charge on any atom is -0.326 e. The van der Waals surface area contributed by atoms with Crippen LogP contribution >= 0.6 is 11.3 Å². The number of amides is 1. The molecule has 4 nitrogen and oxygen atoms in total. The molecule has 19 heavy (non-hydrogen) atoms. The maximum atomic E-state index is 11.8. The zero-order chi connectivity index (χ0) is 14.0. The maximum absolute atomic E-state index is 11.8. The predicted octanol–water partition coefficient (Wildman–Crippen LogP) is 3.06. The molecule has 0 aliphatic rings. The van der Waals surface area contributed by atoms with Gasteiger partial charge in [-0.2, -0.15) is 0 Å². The Morgan fingerprint density at radius 1 is 1.47 bits per heavy atom. The van der Waals surface area contributed by atoms with Gasteiger partial charge in [0.05, 0.1) is 15.2 Å². The Bertz CT molecular complexity index is 598. The zero-order valence-corrected chi connectivity index (χ0v) is 12.3. The van der Waals surface area contributed by atoms with Crippen molar-refractivity contribution in [2.45, 2.75) is 39.2 Å². The van der Waals surface area contributed by atoms with Crippen molar-refractivity contribution in [2.75, 3.05) is 5.32 Å².